The van der Waals surface area contributed by atoms with Gasteiger partial charge < -0.3 is 35.2 Å². The van der Waals surface area contributed by atoms with Gasteiger partial charge in [0.2, 0.25) is 0 Å². The van der Waals surface area contributed by atoms with Crippen LogP contribution in [0.4, 0.5) is 15.3 Å². The molecule has 35 heavy (non-hydrogen) atoms. The average molecular weight is 492 g/mol. The van der Waals surface area contributed by atoms with Gasteiger partial charge in [-0.3, -0.25) is 4.79 Å². The molecule has 0 saturated heterocycles. The number of fused-ring (bicyclic) bond motifs is 1. The Kier molecular flexibility index (Phi) is 10.2. The van der Waals surface area contributed by atoms with Crippen molar-refractivity contribution in [3.8, 4) is 5.75 Å². The van der Waals surface area contributed by atoms with Crippen LogP contribution in [0.15, 0.2) is 18.2 Å². The third kappa shape index (κ3) is 8.02. The van der Waals surface area contributed by atoms with Crippen molar-refractivity contribution in [3.05, 3.63) is 23.8 Å². The first-order valence-corrected chi connectivity index (χ1v) is 12.1. The van der Waals surface area contributed by atoms with E-state index in [1.807, 2.05) is 41.5 Å². The molecule has 0 spiro atoms. The molecule has 0 bridgehead atoms. The number of hydrogen-bond donors (Lipinski definition) is 3. The first-order chi connectivity index (χ1) is 16.4. The number of nitrogens with zero attached hydrogens (tertiary/aromatic N) is 2. The number of likely N-dealkylation sites (N-methyl/N-ethyl adjacent to an activating group) is 1. The Morgan fingerprint density at radius 3 is 2.34 bits per heavy atom. The summed E-state index contributed by atoms with van der Waals surface area (Å²) in [5, 5.41) is 8.50. The molecule has 1 heterocycles. The smallest absolute Gasteiger partial charge is 0.319 e. The summed E-state index contributed by atoms with van der Waals surface area (Å²) in [5.74, 6) is 0.0958. The Bertz CT molecular complexity index is 891. The third-order valence-corrected chi connectivity index (χ3v) is 5.80. The fourth-order valence-corrected chi connectivity index (χ4v) is 3.89. The molecule has 0 fully saturated rings. The van der Waals surface area contributed by atoms with Crippen molar-refractivity contribution in [1.29, 1.82) is 0 Å². The molecule has 0 aromatic heterocycles. The lowest BCUT2D eigenvalue weighted by molar-refractivity contribution is 0.0165. The van der Waals surface area contributed by atoms with Gasteiger partial charge in [0.1, 0.15) is 12.4 Å². The van der Waals surface area contributed by atoms with Crippen molar-refractivity contribution >= 4 is 23.7 Å². The van der Waals surface area contributed by atoms with Crippen molar-refractivity contribution in [2.45, 2.75) is 65.8 Å². The number of urea groups is 2. The normalized spacial score (nSPS) is 21.5. The minimum absolute atomic E-state index is 0.0133. The van der Waals surface area contributed by atoms with E-state index in [9.17, 15) is 14.4 Å². The molecule has 1 aromatic rings. The van der Waals surface area contributed by atoms with E-state index < -0.39 is 0 Å². The number of nitrogens with one attached hydrogen (secondary N) is 3. The van der Waals surface area contributed by atoms with Crippen LogP contribution >= 0.6 is 0 Å². The van der Waals surface area contributed by atoms with Gasteiger partial charge in [-0.25, -0.2) is 9.59 Å². The van der Waals surface area contributed by atoms with Crippen LogP contribution in [0.1, 0.15) is 51.9 Å². The van der Waals surface area contributed by atoms with Gasteiger partial charge in [0.15, 0.2) is 0 Å². The van der Waals surface area contributed by atoms with Gasteiger partial charge in [0.05, 0.1) is 17.7 Å². The second-order valence-corrected chi connectivity index (χ2v) is 9.82. The molecular weight excluding hydrogens is 450 g/mol. The summed E-state index contributed by atoms with van der Waals surface area (Å²) >= 11 is 0. The average Bonchev–Trinajstić information content (AvgIpc) is 2.76. The number of rotatable bonds is 4. The Balaban J connectivity index is 2.42. The Morgan fingerprint density at radius 2 is 1.74 bits per heavy atom. The van der Waals surface area contributed by atoms with Crippen LogP contribution in [0.25, 0.3) is 0 Å². The largest absolute Gasteiger partial charge is 0.491 e. The second kappa shape index (κ2) is 12.6. The lowest BCUT2D eigenvalue weighted by Crippen LogP contribution is -2.52. The van der Waals surface area contributed by atoms with Gasteiger partial charge >= 0.3 is 12.1 Å². The maximum Gasteiger partial charge on any atom is 0.319 e. The fraction of sp³-hybridized carbons (Fsp3) is 0.640. The van der Waals surface area contributed by atoms with Crippen LogP contribution in [0, 0.1) is 5.92 Å². The maximum absolute atomic E-state index is 13.3. The summed E-state index contributed by atoms with van der Waals surface area (Å²) in [6.45, 7) is 12.4. The lowest BCUT2D eigenvalue weighted by atomic mass is 10.0. The topological polar surface area (TPSA) is 112 Å². The van der Waals surface area contributed by atoms with Crippen LogP contribution in [-0.2, 0) is 4.74 Å². The number of benzene rings is 1. The Morgan fingerprint density at radius 1 is 1.09 bits per heavy atom. The first-order valence-electron chi connectivity index (χ1n) is 12.1. The molecule has 5 amide bonds. The van der Waals surface area contributed by atoms with E-state index >= 15 is 0 Å². The highest BCUT2D eigenvalue weighted by molar-refractivity contribution is 5.98. The van der Waals surface area contributed by atoms with Crippen LogP contribution in [-0.4, -0.2) is 85.9 Å². The van der Waals surface area contributed by atoms with Gasteiger partial charge in [-0.15, -0.1) is 0 Å². The van der Waals surface area contributed by atoms with Crippen LogP contribution < -0.4 is 20.7 Å². The van der Waals surface area contributed by atoms with Gasteiger partial charge in [-0.2, -0.15) is 0 Å². The van der Waals surface area contributed by atoms with Crippen molar-refractivity contribution in [1.82, 2.24) is 20.4 Å². The monoisotopic (exact) mass is 491 g/mol. The highest BCUT2D eigenvalue weighted by Crippen LogP contribution is 2.27. The lowest BCUT2D eigenvalue weighted by Gasteiger charge is -2.36. The molecule has 0 unspecified atom stereocenters. The number of carbonyl (C=O) groups excluding carboxylic acids is 3. The summed E-state index contributed by atoms with van der Waals surface area (Å²) in [6.07, 6.45) is -0.269. The molecule has 1 aliphatic heterocycles. The summed E-state index contributed by atoms with van der Waals surface area (Å²) in [4.78, 5) is 41.8. The molecule has 196 valence electrons. The number of methoxy groups -OCH3 is 1. The van der Waals surface area contributed by atoms with Crippen LogP contribution in [0.3, 0.4) is 0 Å². The van der Waals surface area contributed by atoms with Crippen molar-refractivity contribution in [2.24, 2.45) is 5.92 Å². The van der Waals surface area contributed by atoms with Crippen molar-refractivity contribution in [3.63, 3.8) is 0 Å². The van der Waals surface area contributed by atoms with Crippen molar-refractivity contribution in [2.75, 3.05) is 39.2 Å². The van der Waals surface area contributed by atoms with E-state index in [0.717, 1.165) is 0 Å². The zero-order chi connectivity index (χ0) is 26.3. The standard InChI is InChI=1S/C25H41N5O5/c1-15(2)26-24(32)28-19-9-10-20-21(11-19)35-14-18(6)30(25(33)27-16(3)4)12-17(5)22(34-8)13-29(7)23(20)31/h9-11,15-18,22H,12-14H2,1-8H3,(H,27,33)(H2,26,28,32)/t17-,18-,22+/m1/s1. The highest BCUT2D eigenvalue weighted by Gasteiger charge is 2.30. The molecule has 1 aromatic carbocycles. The molecule has 10 heteroatoms. The van der Waals surface area contributed by atoms with E-state index in [4.69, 9.17) is 9.47 Å². The van der Waals surface area contributed by atoms with E-state index in [1.165, 1.54) is 0 Å². The van der Waals surface area contributed by atoms with E-state index in [0.29, 0.717) is 30.1 Å². The van der Waals surface area contributed by atoms with Gasteiger partial charge in [0, 0.05) is 57.0 Å². The molecule has 3 atom stereocenters. The predicted molar refractivity (Wildman–Crippen MR) is 136 cm³/mol. The molecule has 3 N–H and O–H groups in total. The van der Waals surface area contributed by atoms with E-state index in [2.05, 4.69) is 16.0 Å². The summed E-state index contributed by atoms with van der Waals surface area (Å²) in [5.41, 5.74) is 0.866. The van der Waals surface area contributed by atoms with Gasteiger partial charge in [-0.05, 0) is 46.8 Å². The zero-order valence-corrected chi connectivity index (χ0v) is 22.2. The first kappa shape index (κ1) is 28.2. The number of ether oxygens (including phenoxy) is 2. The number of carbonyl (C=O) groups is 3. The Hall–Kier alpha value is -3.01. The summed E-state index contributed by atoms with van der Waals surface area (Å²) in [7, 11) is 3.33. The van der Waals surface area contributed by atoms with Gasteiger partial charge in [0.25, 0.3) is 5.91 Å². The summed E-state index contributed by atoms with van der Waals surface area (Å²) in [6, 6.07) is 4.10. The van der Waals surface area contributed by atoms with E-state index in [1.54, 1.807) is 42.2 Å². The maximum atomic E-state index is 13.3. The fourth-order valence-electron chi connectivity index (χ4n) is 3.89. The van der Waals surface area contributed by atoms with E-state index in [-0.39, 0.29) is 54.7 Å². The number of amides is 5. The molecule has 0 aliphatic carbocycles. The quantitative estimate of drug-likeness (QED) is 0.599. The zero-order valence-electron chi connectivity index (χ0n) is 22.2. The predicted octanol–water partition coefficient (Wildman–Crippen LogP) is 3.14. The molecular formula is C25H41N5O5. The Labute approximate surface area is 208 Å². The highest BCUT2D eigenvalue weighted by atomic mass is 16.5. The minimum Gasteiger partial charge on any atom is -0.491 e. The summed E-state index contributed by atoms with van der Waals surface area (Å²) < 4.78 is 11.8. The molecule has 10 nitrogen and oxygen atoms in total. The van der Waals surface area contributed by atoms with Crippen LogP contribution in [0.2, 0.25) is 0 Å². The molecule has 0 saturated carbocycles. The molecule has 1 aliphatic rings. The third-order valence-electron chi connectivity index (χ3n) is 5.80. The van der Waals surface area contributed by atoms with Gasteiger partial charge in [-0.1, -0.05) is 6.92 Å². The number of anilines is 1. The molecule has 0 radical (unpaired) electrons. The molecule has 2 rings (SSSR count). The van der Waals surface area contributed by atoms with Crippen LogP contribution in [0.5, 0.6) is 5.75 Å². The van der Waals surface area contributed by atoms with Crippen molar-refractivity contribution < 1.29 is 23.9 Å². The number of hydrogen-bond acceptors (Lipinski definition) is 5. The SMILES string of the molecule is CO[C@H]1CN(C)C(=O)c2ccc(NC(=O)NC(C)C)cc2OC[C@@H](C)N(C(=O)NC(C)C)C[C@H]1C. The second-order valence-electron chi connectivity index (χ2n) is 9.82. The minimum atomic E-state index is -0.349.